The molecule has 0 unspecified atom stereocenters. The Hall–Kier alpha value is -2.93. The van der Waals surface area contributed by atoms with Crippen LogP contribution in [-0.2, 0) is 12.8 Å². The molecule has 0 saturated heterocycles. The number of hydrogen-bond acceptors (Lipinski definition) is 5. The molecule has 0 bridgehead atoms. The standard InChI is InChI=1S/C19H17N5OS/c1-10-6-14-21-9-22-24(14)19-15(10)16(20)17(26-19)18(25)23-13-7-11-4-2-3-5-12(11)8-13/h2-6,9,13H,7-8,20H2,1H3,(H,23,25). The van der Waals surface area contributed by atoms with Crippen molar-refractivity contribution in [2.75, 3.05) is 5.73 Å². The smallest absolute Gasteiger partial charge is 0.263 e. The summed E-state index contributed by atoms with van der Waals surface area (Å²) >= 11 is 1.37. The third-order valence-electron chi connectivity index (χ3n) is 5.03. The predicted molar refractivity (Wildman–Crippen MR) is 103 cm³/mol. The Bertz CT molecular complexity index is 1150. The number of nitrogens with one attached hydrogen (secondary N) is 1. The predicted octanol–water partition coefficient (Wildman–Crippen LogP) is 2.73. The number of rotatable bonds is 2. The number of carbonyl (C=O) groups is 1. The van der Waals surface area contributed by atoms with Crippen LogP contribution < -0.4 is 11.1 Å². The molecule has 6 nitrogen and oxygen atoms in total. The molecule has 0 spiro atoms. The first-order valence-electron chi connectivity index (χ1n) is 8.51. The zero-order chi connectivity index (χ0) is 17.8. The Morgan fingerprint density at radius 1 is 1.31 bits per heavy atom. The molecule has 4 aromatic rings. The van der Waals surface area contributed by atoms with Crippen LogP contribution in [0.4, 0.5) is 5.69 Å². The number of fused-ring (bicyclic) bond motifs is 4. The van der Waals surface area contributed by atoms with Crippen molar-refractivity contribution in [2.24, 2.45) is 0 Å². The third kappa shape index (κ3) is 2.20. The Kier molecular flexibility index (Phi) is 3.27. The molecule has 0 radical (unpaired) electrons. The molecule has 1 amide bonds. The summed E-state index contributed by atoms with van der Waals surface area (Å²) in [6.45, 7) is 1.98. The molecule has 0 saturated carbocycles. The second-order valence-corrected chi connectivity index (χ2v) is 7.73. The van der Waals surface area contributed by atoms with Gasteiger partial charge in [-0.15, -0.1) is 11.3 Å². The molecular weight excluding hydrogens is 346 g/mol. The van der Waals surface area contributed by atoms with Crippen LogP contribution in [0.3, 0.4) is 0 Å². The fourth-order valence-electron chi connectivity index (χ4n) is 3.81. The molecule has 5 rings (SSSR count). The van der Waals surface area contributed by atoms with Gasteiger partial charge in [0.2, 0.25) is 0 Å². The largest absolute Gasteiger partial charge is 0.397 e. The number of hydrogen-bond donors (Lipinski definition) is 2. The highest BCUT2D eigenvalue weighted by Crippen LogP contribution is 2.36. The van der Waals surface area contributed by atoms with Gasteiger partial charge >= 0.3 is 0 Å². The van der Waals surface area contributed by atoms with Crippen LogP contribution in [0.25, 0.3) is 15.9 Å². The van der Waals surface area contributed by atoms with E-state index in [-0.39, 0.29) is 11.9 Å². The lowest BCUT2D eigenvalue weighted by molar-refractivity contribution is 0.0943. The van der Waals surface area contributed by atoms with Gasteiger partial charge in [-0.2, -0.15) is 5.10 Å². The average molecular weight is 363 g/mol. The summed E-state index contributed by atoms with van der Waals surface area (Å²) in [4.78, 5) is 18.5. The second kappa shape index (κ2) is 5.54. The highest BCUT2D eigenvalue weighted by molar-refractivity contribution is 7.21. The molecular formula is C19H17N5OS. The van der Waals surface area contributed by atoms with Crippen molar-refractivity contribution in [3.63, 3.8) is 0 Å². The molecule has 3 heterocycles. The summed E-state index contributed by atoms with van der Waals surface area (Å²) in [5.41, 5.74) is 11.2. The first-order chi connectivity index (χ1) is 12.6. The summed E-state index contributed by atoms with van der Waals surface area (Å²) in [7, 11) is 0. The van der Waals surface area contributed by atoms with E-state index in [4.69, 9.17) is 5.73 Å². The number of aromatic nitrogens is 3. The van der Waals surface area contributed by atoms with E-state index in [0.717, 1.165) is 34.3 Å². The Morgan fingerprint density at radius 2 is 2.04 bits per heavy atom. The number of anilines is 1. The van der Waals surface area contributed by atoms with Crippen LogP contribution in [0.2, 0.25) is 0 Å². The quantitative estimate of drug-likeness (QED) is 0.573. The summed E-state index contributed by atoms with van der Waals surface area (Å²) in [6.07, 6.45) is 3.23. The van der Waals surface area contributed by atoms with Gasteiger partial charge in [0, 0.05) is 11.4 Å². The first-order valence-corrected chi connectivity index (χ1v) is 9.32. The van der Waals surface area contributed by atoms with Crippen molar-refractivity contribution in [1.29, 1.82) is 0 Å². The average Bonchev–Trinajstić information content (AvgIpc) is 3.30. The Balaban J connectivity index is 1.50. The summed E-state index contributed by atoms with van der Waals surface area (Å²) in [5, 5.41) is 8.29. The van der Waals surface area contributed by atoms with E-state index in [1.165, 1.54) is 28.8 Å². The number of pyridine rings is 1. The van der Waals surface area contributed by atoms with Gasteiger partial charge in [-0.25, -0.2) is 9.50 Å². The van der Waals surface area contributed by atoms with Gasteiger partial charge in [-0.05, 0) is 42.5 Å². The van der Waals surface area contributed by atoms with E-state index in [1.807, 2.05) is 25.1 Å². The monoisotopic (exact) mass is 363 g/mol. The molecule has 0 atom stereocenters. The van der Waals surface area contributed by atoms with Gasteiger partial charge < -0.3 is 11.1 Å². The van der Waals surface area contributed by atoms with Crippen LogP contribution >= 0.6 is 11.3 Å². The van der Waals surface area contributed by atoms with E-state index >= 15 is 0 Å². The molecule has 26 heavy (non-hydrogen) atoms. The number of thiophene rings is 1. The van der Waals surface area contributed by atoms with E-state index in [0.29, 0.717) is 10.6 Å². The van der Waals surface area contributed by atoms with Crippen LogP contribution in [0.15, 0.2) is 36.7 Å². The highest BCUT2D eigenvalue weighted by atomic mass is 32.1. The van der Waals surface area contributed by atoms with Crippen molar-refractivity contribution >= 4 is 38.8 Å². The molecule has 1 aliphatic rings. The number of nitrogens with zero attached hydrogens (tertiary/aromatic N) is 3. The van der Waals surface area contributed by atoms with Gasteiger partial charge in [0.05, 0.1) is 5.69 Å². The summed E-state index contributed by atoms with van der Waals surface area (Å²) < 4.78 is 1.74. The van der Waals surface area contributed by atoms with Crippen molar-refractivity contribution in [3.05, 3.63) is 58.2 Å². The van der Waals surface area contributed by atoms with Crippen LogP contribution in [0.5, 0.6) is 0 Å². The van der Waals surface area contributed by atoms with Gasteiger partial charge in [-0.3, -0.25) is 4.79 Å². The van der Waals surface area contributed by atoms with E-state index in [2.05, 4.69) is 27.5 Å². The maximum Gasteiger partial charge on any atom is 0.263 e. The minimum atomic E-state index is -0.117. The molecule has 130 valence electrons. The lowest BCUT2D eigenvalue weighted by atomic mass is 10.1. The Labute approximate surface area is 153 Å². The fourth-order valence-corrected chi connectivity index (χ4v) is 4.97. The first kappa shape index (κ1) is 15.3. The lowest BCUT2D eigenvalue weighted by Gasteiger charge is -2.11. The fraction of sp³-hybridized carbons (Fsp3) is 0.211. The van der Waals surface area contributed by atoms with Gasteiger partial charge in [0.15, 0.2) is 5.65 Å². The molecule has 1 aliphatic carbocycles. The number of benzene rings is 1. The van der Waals surface area contributed by atoms with Gasteiger partial charge in [0.1, 0.15) is 16.0 Å². The van der Waals surface area contributed by atoms with Crippen molar-refractivity contribution in [2.45, 2.75) is 25.8 Å². The van der Waals surface area contributed by atoms with Gasteiger partial charge in [-0.1, -0.05) is 24.3 Å². The molecule has 3 aromatic heterocycles. The minimum absolute atomic E-state index is 0.108. The van der Waals surface area contributed by atoms with Crippen LogP contribution in [-0.4, -0.2) is 26.5 Å². The van der Waals surface area contributed by atoms with Crippen molar-refractivity contribution < 1.29 is 4.79 Å². The molecule has 3 N–H and O–H groups in total. The van der Waals surface area contributed by atoms with Gasteiger partial charge in [0.25, 0.3) is 5.91 Å². The topological polar surface area (TPSA) is 85.3 Å². The summed E-state index contributed by atoms with van der Waals surface area (Å²) in [6, 6.07) is 10.4. The summed E-state index contributed by atoms with van der Waals surface area (Å²) in [5.74, 6) is -0.117. The number of carbonyl (C=O) groups excluding carboxylic acids is 1. The Morgan fingerprint density at radius 3 is 2.77 bits per heavy atom. The maximum atomic E-state index is 12.9. The highest BCUT2D eigenvalue weighted by Gasteiger charge is 2.26. The number of aryl methyl sites for hydroxylation is 1. The number of amides is 1. The lowest BCUT2D eigenvalue weighted by Crippen LogP contribution is -2.35. The third-order valence-corrected chi connectivity index (χ3v) is 6.21. The molecule has 0 aliphatic heterocycles. The van der Waals surface area contributed by atoms with E-state index in [1.54, 1.807) is 4.52 Å². The minimum Gasteiger partial charge on any atom is -0.397 e. The molecule has 7 heteroatoms. The maximum absolute atomic E-state index is 12.9. The zero-order valence-electron chi connectivity index (χ0n) is 14.2. The van der Waals surface area contributed by atoms with E-state index < -0.39 is 0 Å². The number of nitrogens with two attached hydrogens (primary N) is 1. The van der Waals surface area contributed by atoms with Crippen molar-refractivity contribution in [3.8, 4) is 0 Å². The molecule has 0 fully saturated rings. The van der Waals surface area contributed by atoms with Crippen LogP contribution in [0.1, 0.15) is 26.4 Å². The zero-order valence-corrected chi connectivity index (χ0v) is 15.0. The van der Waals surface area contributed by atoms with E-state index in [9.17, 15) is 4.79 Å². The van der Waals surface area contributed by atoms with Crippen LogP contribution in [0, 0.1) is 6.92 Å². The normalized spacial score (nSPS) is 14.2. The number of nitrogen functional groups attached to an aromatic ring is 1. The van der Waals surface area contributed by atoms with Crippen molar-refractivity contribution in [1.82, 2.24) is 19.9 Å². The molecule has 1 aromatic carbocycles. The second-order valence-electron chi connectivity index (χ2n) is 6.73. The SMILES string of the molecule is Cc1cc2ncnn2c2sc(C(=O)NC3Cc4ccccc4C3)c(N)c12.